The molecule has 1 aromatic carbocycles. The van der Waals surface area contributed by atoms with E-state index in [2.05, 4.69) is 56.1 Å². The van der Waals surface area contributed by atoms with E-state index < -0.39 is 0 Å². The summed E-state index contributed by atoms with van der Waals surface area (Å²) in [4.78, 5) is 2.25. The highest BCUT2D eigenvalue weighted by Gasteiger charge is 2.11. The Labute approximate surface area is 121 Å². The molecule has 0 aromatic heterocycles. The number of benzene rings is 1. The number of nitrogens with zero attached hydrogens (tertiary/aromatic N) is 1. The predicted molar refractivity (Wildman–Crippen MR) is 86.0 cm³/mol. The zero-order valence-corrected chi connectivity index (χ0v) is 12.8. The van der Waals surface area contributed by atoms with Gasteiger partial charge in [0.05, 0.1) is 5.02 Å². The molecule has 0 N–H and O–H groups in total. The fourth-order valence-corrected chi connectivity index (χ4v) is 2.84. The van der Waals surface area contributed by atoms with Crippen LogP contribution in [0.4, 0.5) is 5.69 Å². The molecule has 2 heteroatoms. The van der Waals surface area contributed by atoms with E-state index in [0.29, 0.717) is 0 Å². The molecule has 0 aliphatic heterocycles. The van der Waals surface area contributed by atoms with Crippen LogP contribution in [0, 0.1) is 0 Å². The van der Waals surface area contributed by atoms with Gasteiger partial charge in [-0.1, -0.05) is 42.3 Å². The molecule has 2 rings (SSSR count). The molecule has 1 aromatic rings. The Morgan fingerprint density at radius 3 is 2.74 bits per heavy atom. The van der Waals surface area contributed by atoms with Gasteiger partial charge in [-0.25, -0.2) is 0 Å². The maximum atomic E-state index is 6.47. The summed E-state index contributed by atoms with van der Waals surface area (Å²) >= 11 is 6.47. The monoisotopic (exact) mass is 275 g/mol. The highest BCUT2D eigenvalue weighted by molar-refractivity contribution is 6.32. The van der Waals surface area contributed by atoms with Gasteiger partial charge in [-0.3, -0.25) is 0 Å². The molecule has 102 valence electrons. The fraction of sp³-hybridized carbons (Fsp3) is 0.412. The Bertz CT molecular complexity index is 514. The van der Waals surface area contributed by atoms with Crippen LogP contribution in [0.5, 0.6) is 0 Å². The summed E-state index contributed by atoms with van der Waals surface area (Å²) < 4.78 is 0. The lowest BCUT2D eigenvalue weighted by atomic mass is 9.94. The van der Waals surface area contributed by atoms with Crippen molar-refractivity contribution in [1.82, 2.24) is 0 Å². The number of anilines is 1. The minimum atomic E-state index is 0.862. The van der Waals surface area contributed by atoms with Gasteiger partial charge >= 0.3 is 0 Å². The van der Waals surface area contributed by atoms with Gasteiger partial charge in [0.15, 0.2) is 0 Å². The number of hydrogen-bond acceptors (Lipinski definition) is 1. The minimum absolute atomic E-state index is 0.862. The van der Waals surface area contributed by atoms with E-state index >= 15 is 0 Å². The van der Waals surface area contributed by atoms with Crippen LogP contribution in [0.15, 0.2) is 35.9 Å². The van der Waals surface area contributed by atoms with E-state index in [9.17, 15) is 0 Å². The van der Waals surface area contributed by atoms with Crippen molar-refractivity contribution in [2.75, 3.05) is 18.5 Å². The van der Waals surface area contributed by atoms with Crippen molar-refractivity contribution in [3.05, 3.63) is 46.5 Å². The maximum absolute atomic E-state index is 6.47. The van der Waals surface area contributed by atoms with Crippen LogP contribution in [0.3, 0.4) is 0 Å². The average molecular weight is 276 g/mol. The molecule has 0 heterocycles. The van der Waals surface area contributed by atoms with Crippen molar-refractivity contribution in [3.8, 4) is 0 Å². The Morgan fingerprint density at radius 2 is 2.11 bits per heavy atom. The summed E-state index contributed by atoms with van der Waals surface area (Å²) in [5.41, 5.74) is 5.07. The van der Waals surface area contributed by atoms with Crippen molar-refractivity contribution in [2.45, 2.75) is 33.1 Å². The van der Waals surface area contributed by atoms with Gasteiger partial charge in [0, 0.05) is 19.3 Å². The molecule has 1 aliphatic rings. The molecule has 0 radical (unpaired) electrons. The Kier molecular flexibility index (Phi) is 4.71. The topological polar surface area (TPSA) is 3.24 Å². The van der Waals surface area contributed by atoms with Gasteiger partial charge in [-0.15, -0.1) is 0 Å². The lowest BCUT2D eigenvalue weighted by molar-refractivity contribution is 0.852. The Hall–Kier alpha value is -1.21. The summed E-state index contributed by atoms with van der Waals surface area (Å²) in [6.45, 7) is 5.39. The van der Waals surface area contributed by atoms with Gasteiger partial charge in [0.1, 0.15) is 0 Å². The van der Waals surface area contributed by atoms with Crippen molar-refractivity contribution in [1.29, 1.82) is 0 Å². The van der Waals surface area contributed by atoms with E-state index in [1.54, 1.807) is 0 Å². The van der Waals surface area contributed by atoms with Crippen molar-refractivity contribution < 1.29 is 0 Å². The Balaban J connectivity index is 2.27. The van der Waals surface area contributed by atoms with Gasteiger partial charge in [-0.2, -0.15) is 0 Å². The molecule has 0 atom stereocenters. The number of rotatable bonds is 4. The van der Waals surface area contributed by atoms with E-state index in [-0.39, 0.29) is 0 Å². The predicted octanol–water partition coefficient (Wildman–Crippen LogP) is 5.31. The molecular formula is C17H22ClN. The van der Waals surface area contributed by atoms with Gasteiger partial charge < -0.3 is 4.90 Å². The third-order valence-corrected chi connectivity index (χ3v) is 3.89. The first kappa shape index (κ1) is 14.2. The third-order valence-electron chi connectivity index (χ3n) is 3.58. The largest absolute Gasteiger partial charge is 0.375 e. The summed E-state index contributed by atoms with van der Waals surface area (Å²) in [7, 11) is 2.11. The molecular weight excluding hydrogens is 254 g/mol. The second-order valence-corrected chi connectivity index (χ2v) is 5.65. The number of halogens is 1. The highest BCUT2D eigenvalue weighted by Crippen LogP contribution is 2.33. The first-order valence-corrected chi connectivity index (χ1v) is 7.38. The van der Waals surface area contributed by atoms with Crippen LogP contribution >= 0.6 is 11.6 Å². The van der Waals surface area contributed by atoms with Gasteiger partial charge in [0.2, 0.25) is 0 Å². The van der Waals surface area contributed by atoms with E-state index in [1.165, 1.54) is 22.4 Å². The van der Waals surface area contributed by atoms with Crippen LogP contribution in [0.1, 0.15) is 38.7 Å². The van der Waals surface area contributed by atoms with Crippen molar-refractivity contribution >= 4 is 22.9 Å². The summed E-state index contributed by atoms with van der Waals surface area (Å²) in [5, 5.41) is 0.862. The molecule has 0 amide bonds. The Morgan fingerprint density at radius 1 is 1.32 bits per heavy atom. The lowest BCUT2D eigenvalue weighted by Crippen LogP contribution is -2.17. The summed E-state index contributed by atoms with van der Waals surface area (Å²) in [5.74, 6) is 0. The van der Waals surface area contributed by atoms with Crippen LogP contribution in [-0.2, 0) is 0 Å². The lowest BCUT2D eigenvalue weighted by Gasteiger charge is -2.20. The zero-order chi connectivity index (χ0) is 13.8. The summed E-state index contributed by atoms with van der Waals surface area (Å²) in [6, 6.07) is 6.42. The van der Waals surface area contributed by atoms with Crippen molar-refractivity contribution in [3.63, 3.8) is 0 Å². The van der Waals surface area contributed by atoms with Gasteiger partial charge in [-0.05, 0) is 49.5 Å². The smallest absolute Gasteiger partial charge is 0.0501 e. The molecule has 0 unspecified atom stereocenters. The van der Waals surface area contributed by atoms with E-state index in [1.807, 2.05) is 0 Å². The SMILES string of the molecule is CCCN(C)c1ccc(C2=CC(C)=CCC2)c(Cl)c1. The molecule has 1 aliphatic carbocycles. The zero-order valence-electron chi connectivity index (χ0n) is 12.0. The van der Waals surface area contributed by atoms with Crippen LogP contribution in [-0.4, -0.2) is 13.6 Å². The normalized spacial score (nSPS) is 14.9. The molecule has 0 saturated carbocycles. The standard InChI is InChI=1S/C17H22ClN/c1-4-10-19(3)15-8-9-16(17(18)12-15)14-7-5-6-13(2)11-14/h6,8-9,11-12H,4-5,7,10H2,1-3H3. The molecule has 0 saturated heterocycles. The molecule has 0 spiro atoms. The van der Waals surface area contributed by atoms with Crippen LogP contribution in [0.2, 0.25) is 5.02 Å². The first-order valence-electron chi connectivity index (χ1n) is 7.00. The molecule has 19 heavy (non-hydrogen) atoms. The highest BCUT2D eigenvalue weighted by atomic mass is 35.5. The third kappa shape index (κ3) is 3.42. The first-order chi connectivity index (χ1) is 9.11. The number of allylic oxidation sites excluding steroid dienone is 4. The number of hydrogen-bond donors (Lipinski definition) is 0. The quantitative estimate of drug-likeness (QED) is 0.720. The van der Waals surface area contributed by atoms with E-state index in [0.717, 1.165) is 30.8 Å². The molecule has 1 nitrogen and oxygen atoms in total. The molecule has 0 bridgehead atoms. The average Bonchev–Trinajstić information content (AvgIpc) is 2.38. The van der Waals surface area contributed by atoms with E-state index in [4.69, 9.17) is 11.6 Å². The van der Waals surface area contributed by atoms with Gasteiger partial charge in [0.25, 0.3) is 0 Å². The van der Waals surface area contributed by atoms with Crippen LogP contribution in [0.25, 0.3) is 5.57 Å². The second kappa shape index (κ2) is 6.29. The maximum Gasteiger partial charge on any atom is 0.0501 e. The second-order valence-electron chi connectivity index (χ2n) is 5.24. The van der Waals surface area contributed by atoms with Crippen molar-refractivity contribution in [2.24, 2.45) is 0 Å². The van der Waals surface area contributed by atoms with Crippen LogP contribution < -0.4 is 4.90 Å². The summed E-state index contributed by atoms with van der Waals surface area (Å²) in [6.07, 6.45) is 7.87. The fourth-order valence-electron chi connectivity index (χ4n) is 2.54. The minimum Gasteiger partial charge on any atom is -0.375 e. The molecule has 0 fully saturated rings.